The molecule has 3 N–H and O–H groups in total. The standard InChI is InChI=1S/C14H21F3N2/c1-13(2,3)9-8-12(19-18)10-4-6-11(7-5-10)14(15,16)17/h4-7,12,19H,8-9,18H2,1-3H3. The minimum absolute atomic E-state index is 0.124. The van der Waals surface area contributed by atoms with Crippen LogP contribution < -0.4 is 11.3 Å². The van der Waals surface area contributed by atoms with Crippen LogP contribution in [-0.4, -0.2) is 0 Å². The second-order valence-corrected chi connectivity index (χ2v) is 5.94. The van der Waals surface area contributed by atoms with Crippen molar-refractivity contribution in [2.24, 2.45) is 11.3 Å². The molecule has 1 aromatic carbocycles. The van der Waals surface area contributed by atoms with Crippen LogP contribution in [0.25, 0.3) is 0 Å². The van der Waals surface area contributed by atoms with Crippen molar-refractivity contribution >= 4 is 0 Å². The molecule has 0 saturated heterocycles. The number of nitrogens with two attached hydrogens (primary N) is 1. The number of hydrogen-bond acceptors (Lipinski definition) is 2. The Morgan fingerprint density at radius 2 is 1.63 bits per heavy atom. The molecule has 0 amide bonds. The highest BCUT2D eigenvalue weighted by Crippen LogP contribution is 2.31. The quantitative estimate of drug-likeness (QED) is 0.642. The van der Waals surface area contributed by atoms with Crippen LogP contribution in [0.3, 0.4) is 0 Å². The van der Waals surface area contributed by atoms with Crippen molar-refractivity contribution in [1.82, 2.24) is 5.43 Å². The number of benzene rings is 1. The van der Waals surface area contributed by atoms with E-state index in [1.54, 1.807) is 0 Å². The van der Waals surface area contributed by atoms with Gasteiger partial charge in [-0.25, -0.2) is 0 Å². The van der Waals surface area contributed by atoms with Gasteiger partial charge in [0.15, 0.2) is 0 Å². The summed E-state index contributed by atoms with van der Waals surface area (Å²) in [4.78, 5) is 0. The van der Waals surface area contributed by atoms with Crippen molar-refractivity contribution in [2.75, 3.05) is 0 Å². The molecule has 19 heavy (non-hydrogen) atoms. The van der Waals surface area contributed by atoms with Gasteiger partial charge in [-0.05, 0) is 36.0 Å². The third-order valence-electron chi connectivity index (χ3n) is 3.02. The third-order valence-corrected chi connectivity index (χ3v) is 3.02. The molecule has 0 fully saturated rings. The van der Waals surface area contributed by atoms with Gasteiger partial charge in [-0.1, -0.05) is 32.9 Å². The molecular formula is C14H21F3N2. The number of nitrogens with one attached hydrogen (secondary N) is 1. The Morgan fingerprint density at radius 3 is 2.00 bits per heavy atom. The topological polar surface area (TPSA) is 38.0 Å². The van der Waals surface area contributed by atoms with Crippen molar-refractivity contribution in [3.63, 3.8) is 0 Å². The maximum absolute atomic E-state index is 12.5. The summed E-state index contributed by atoms with van der Waals surface area (Å²) >= 11 is 0. The number of hydrogen-bond donors (Lipinski definition) is 2. The predicted octanol–water partition coefficient (Wildman–Crippen LogP) is 4.04. The van der Waals surface area contributed by atoms with E-state index in [0.717, 1.165) is 30.5 Å². The van der Waals surface area contributed by atoms with Gasteiger partial charge >= 0.3 is 6.18 Å². The number of alkyl halides is 3. The van der Waals surface area contributed by atoms with E-state index in [4.69, 9.17) is 5.84 Å². The van der Waals surface area contributed by atoms with E-state index < -0.39 is 11.7 Å². The van der Waals surface area contributed by atoms with E-state index in [9.17, 15) is 13.2 Å². The first kappa shape index (κ1) is 16.0. The first-order valence-corrected chi connectivity index (χ1v) is 6.27. The van der Waals surface area contributed by atoms with E-state index in [0.29, 0.717) is 0 Å². The average Bonchev–Trinajstić information content (AvgIpc) is 2.28. The molecule has 0 radical (unpaired) electrons. The van der Waals surface area contributed by atoms with Crippen LogP contribution in [0, 0.1) is 5.41 Å². The van der Waals surface area contributed by atoms with E-state index in [1.165, 1.54) is 12.1 Å². The zero-order valence-electron chi connectivity index (χ0n) is 11.5. The van der Waals surface area contributed by atoms with Gasteiger partial charge in [0, 0.05) is 6.04 Å². The van der Waals surface area contributed by atoms with E-state index in [1.807, 2.05) is 0 Å². The Balaban J connectivity index is 2.77. The fourth-order valence-electron chi connectivity index (χ4n) is 1.83. The van der Waals surface area contributed by atoms with Crippen molar-refractivity contribution in [2.45, 2.75) is 45.8 Å². The molecule has 1 aromatic rings. The van der Waals surface area contributed by atoms with Crippen LogP contribution in [0.4, 0.5) is 13.2 Å². The van der Waals surface area contributed by atoms with Gasteiger partial charge in [0.25, 0.3) is 0 Å². The molecule has 0 bridgehead atoms. The minimum Gasteiger partial charge on any atom is -0.271 e. The molecule has 0 heterocycles. The number of rotatable bonds is 4. The maximum Gasteiger partial charge on any atom is 0.416 e. The van der Waals surface area contributed by atoms with Crippen molar-refractivity contribution in [3.05, 3.63) is 35.4 Å². The zero-order valence-corrected chi connectivity index (χ0v) is 11.5. The average molecular weight is 274 g/mol. The van der Waals surface area contributed by atoms with Gasteiger partial charge in [-0.15, -0.1) is 0 Å². The van der Waals surface area contributed by atoms with Crippen LogP contribution in [-0.2, 0) is 6.18 Å². The van der Waals surface area contributed by atoms with E-state index in [2.05, 4.69) is 26.2 Å². The van der Waals surface area contributed by atoms with Gasteiger partial charge in [0.2, 0.25) is 0 Å². The normalized spacial score (nSPS) is 14.5. The van der Waals surface area contributed by atoms with Gasteiger partial charge < -0.3 is 0 Å². The summed E-state index contributed by atoms with van der Waals surface area (Å²) in [7, 11) is 0. The highest BCUT2D eigenvalue weighted by atomic mass is 19.4. The molecule has 0 aliphatic rings. The summed E-state index contributed by atoms with van der Waals surface area (Å²) in [6, 6.07) is 5.03. The molecule has 1 rings (SSSR count). The minimum atomic E-state index is -4.30. The molecule has 0 spiro atoms. The van der Waals surface area contributed by atoms with Crippen LogP contribution in [0.5, 0.6) is 0 Å². The second-order valence-electron chi connectivity index (χ2n) is 5.94. The lowest BCUT2D eigenvalue weighted by Gasteiger charge is -2.23. The second kappa shape index (κ2) is 5.92. The molecule has 1 atom stereocenters. The van der Waals surface area contributed by atoms with Gasteiger partial charge in [0.05, 0.1) is 5.56 Å². The first-order valence-electron chi connectivity index (χ1n) is 6.27. The van der Waals surface area contributed by atoms with Crippen molar-refractivity contribution in [3.8, 4) is 0 Å². The SMILES string of the molecule is CC(C)(C)CCC(NN)c1ccc(C(F)(F)F)cc1. The molecule has 2 nitrogen and oxygen atoms in total. The molecule has 0 aliphatic heterocycles. The fourth-order valence-corrected chi connectivity index (χ4v) is 1.83. The Morgan fingerprint density at radius 1 is 1.11 bits per heavy atom. The monoisotopic (exact) mass is 274 g/mol. The van der Waals surface area contributed by atoms with Crippen molar-refractivity contribution in [1.29, 1.82) is 0 Å². The fraction of sp³-hybridized carbons (Fsp3) is 0.571. The van der Waals surface area contributed by atoms with E-state index in [-0.39, 0.29) is 11.5 Å². The van der Waals surface area contributed by atoms with Gasteiger partial charge in [0.1, 0.15) is 0 Å². The maximum atomic E-state index is 12.5. The lowest BCUT2D eigenvalue weighted by molar-refractivity contribution is -0.137. The third kappa shape index (κ3) is 5.20. The largest absolute Gasteiger partial charge is 0.416 e. The Kier molecular flexibility index (Phi) is 4.98. The number of hydrazine groups is 1. The molecular weight excluding hydrogens is 253 g/mol. The first-order chi connectivity index (χ1) is 8.63. The molecule has 108 valence electrons. The lowest BCUT2D eigenvalue weighted by Crippen LogP contribution is -2.29. The Bertz CT molecular complexity index is 391. The molecule has 0 saturated carbocycles. The highest BCUT2D eigenvalue weighted by Gasteiger charge is 2.30. The summed E-state index contributed by atoms with van der Waals surface area (Å²) in [6.07, 6.45) is -2.58. The summed E-state index contributed by atoms with van der Waals surface area (Å²) in [5.41, 5.74) is 2.98. The molecule has 1 unspecified atom stereocenters. The summed E-state index contributed by atoms with van der Waals surface area (Å²) < 4.78 is 37.4. The van der Waals surface area contributed by atoms with Gasteiger partial charge in [-0.2, -0.15) is 13.2 Å². The Hall–Kier alpha value is -1.07. The molecule has 0 aliphatic carbocycles. The molecule has 5 heteroatoms. The van der Waals surface area contributed by atoms with Crippen molar-refractivity contribution < 1.29 is 13.2 Å². The van der Waals surface area contributed by atoms with Crippen LogP contribution in [0.1, 0.15) is 50.8 Å². The Labute approximate surface area is 112 Å². The van der Waals surface area contributed by atoms with Crippen LogP contribution >= 0.6 is 0 Å². The molecule has 0 aromatic heterocycles. The summed E-state index contributed by atoms with van der Waals surface area (Å²) in [6.45, 7) is 6.36. The van der Waals surface area contributed by atoms with E-state index >= 15 is 0 Å². The van der Waals surface area contributed by atoms with Crippen LogP contribution in [0.2, 0.25) is 0 Å². The van der Waals surface area contributed by atoms with Gasteiger partial charge in [-0.3, -0.25) is 11.3 Å². The zero-order chi connectivity index (χ0) is 14.7. The smallest absolute Gasteiger partial charge is 0.271 e. The highest BCUT2D eigenvalue weighted by molar-refractivity contribution is 5.26. The predicted molar refractivity (Wildman–Crippen MR) is 70.2 cm³/mol. The summed E-state index contributed by atoms with van der Waals surface area (Å²) in [5, 5.41) is 0. The number of halogens is 3. The van der Waals surface area contributed by atoms with Crippen LogP contribution in [0.15, 0.2) is 24.3 Å². The summed E-state index contributed by atoms with van der Waals surface area (Å²) in [5.74, 6) is 5.49. The lowest BCUT2D eigenvalue weighted by atomic mass is 9.87.